The normalized spacial score (nSPS) is 28.6. The average molecular weight is 414 g/mol. The first-order valence-corrected chi connectivity index (χ1v) is 10.8. The molecule has 0 saturated carbocycles. The van der Waals surface area contributed by atoms with E-state index < -0.39 is 23.3 Å². The van der Waals surface area contributed by atoms with E-state index in [-0.39, 0.29) is 23.5 Å². The summed E-state index contributed by atoms with van der Waals surface area (Å²) in [5, 5.41) is 0. The SMILES string of the molecule is Cc1cccc(C)c1N1C(=O)[C@@H]2[C@@H]3CCCN3C3(C(=O)c4ccccc4C3=O)[C@H]2C1=O. The van der Waals surface area contributed by atoms with Crippen LogP contribution in [0.2, 0.25) is 0 Å². The molecule has 0 unspecified atom stereocenters. The van der Waals surface area contributed by atoms with E-state index in [2.05, 4.69) is 0 Å². The highest BCUT2D eigenvalue weighted by atomic mass is 16.2. The maximum atomic E-state index is 13.9. The Morgan fingerprint density at radius 2 is 1.45 bits per heavy atom. The molecule has 3 heterocycles. The highest BCUT2D eigenvalue weighted by Crippen LogP contribution is 2.57. The first kappa shape index (κ1) is 18.6. The van der Waals surface area contributed by atoms with E-state index in [1.807, 2.05) is 36.9 Å². The predicted octanol–water partition coefficient (Wildman–Crippen LogP) is 2.71. The zero-order valence-electron chi connectivity index (χ0n) is 17.4. The number of hydrogen-bond donors (Lipinski definition) is 0. The Balaban J connectivity index is 1.57. The van der Waals surface area contributed by atoms with Crippen LogP contribution in [-0.2, 0) is 9.59 Å². The van der Waals surface area contributed by atoms with Crippen LogP contribution in [-0.4, -0.2) is 46.4 Å². The number of aryl methyl sites for hydroxylation is 2. The van der Waals surface area contributed by atoms with Crippen molar-refractivity contribution < 1.29 is 19.2 Å². The molecule has 3 atom stereocenters. The molecule has 0 aromatic heterocycles. The van der Waals surface area contributed by atoms with Gasteiger partial charge in [-0.1, -0.05) is 42.5 Å². The summed E-state index contributed by atoms with van der Waals surface area (Å²) in [6.07, 6.45) is 1.51. The standard InChI is InChI=1S/C25H22N2O4/c1-13-7-5-8-14(2)20(13)27-23(30)18-17-11-6-12-26(17)25(19(18)24(27)31)21(28)15-9-3-4-10-16(15)22(25)29/h3-5,7-10,17-19H,6,11-12H2,1-2H3/t17-,18+,19+/m0/s1. The molecule has 3 saturated heterocycles. The Morgan fingerprint density at radius 1 is 0.839 bits per heavy atom. The van der Waals surface area contributed by atoms with Gasteiger partial charge in [0.25, 0.3) is 0 Å². The molecule has 1 spiro atoms. The number of fused-ring (bicyclic) bond motifs is 6. The van der Waals surface area contributed by atoms with Gasteiger partial charge in [0.1, 0.15) is 0 Å². The number of rotatable bonds is 1. The third-order valence-corrected chi connectivity index (χ3v) is 7.74. The largest absolute Gasteiger partial charge is 0.291 e. The Bertz CT molecular complexity index is 1160. The van der Waals surface area contributed by atoms with Gasteiger partial charge < -0.3 is 0 Å². The average Bonchev–Trinajstić information content (AvgIpc) is 3.44. The highest BCUT2D eigenvalue weighted by molar-refractivity contribution is 6.38. The van der Waals surface area contributed by atoms with E-state index in [1.165, 1.54) is 4.90 Å². The van der Waals surface area contributed by atoms with Gasteiger partial charge in [0.2, 0.25) is 11.8 Å². The number of amides is 2. The number of hydrogen-bond acceptors (Lipinski definition) is 5. The van der Waals surface area contributed by atoms with Gasteiger partial charge in [-0.25, -0.2) is 4.90 Å². The van der Waals surface area contributed by atoms with Crippen LogP contribution in [0.5, 0.6) is 0 Å². The van der Waals surface area contributed by atoms with Gasteiger partial charge in [-0.15, -0.1) is 0 Å². The Kier molecular flexibility index (Phi) is 3.59. The first-order valence-electron chi connectivity index (χ1n) is 10.8. The fraction of sp³-hybridized carbons (Fsp3) is 0.360. The molecule has 3 fully saturated rings. The number of imide groups is 1. The molecule has 6 rings (SSSR count). The summed E-state index contributed by atoms with van der Waals surface area (Å²) in [6.45, 7) is 4.29. The molecule has 3 aliphatic heterocycles. The van der Waals surface area contributed by atoms with Gasteiger partial charge in [0.05, 0.1) is 17.5 Å². The van der Waals surface area contributed by atoms with Crippen molar-refractivity contribution in [2.24, 2.45) is 11.8 Å². The topological polar surface area (TPSA) is 74.8 Å². The lowest BCUT2D eigenvalue weighted by atomic mass is 9.76. The summed E-state index contributed by atoms with van der Waals surface area (Å²) < 4.78 is 0. The molecule has 31 heavy (non-hydrogen) atoms. The van der Waals surface area contributed by atoms with Crippen LogP contribution in [0, 0.1) is 25.7 Å². The van der Waals surface area contributed by atoms with Gasteiger partial charge in [0, 0.05) is 17.2 Å². The fourth-order valence-electron chi connectivity index (χ4n) is 6.62. The molecule has 0 N–H and O–H groups in total. The van der Waals surface area contributed by atoms with Gasteiger partial charge in [-0.2, -0.15) is 0 Å². The number of carbonyl (C=O) groups is 4. The van der Waals surface area contributed by atoms with Gasteiger partial charge in [-0.05, 0) is 44.4 Å². The molecule has 2 aromatic rings. The lowest BCUT2D eigenvalue weighted by molar-refractivity contribution is -0.124. The third-order valence-electron chi connectivity index (χ3n) is 7.74. The zero-order chi connectivity index (χ0) is 21.7. The van der Waals surface area contributed by atoms with Crippen LogP contribution >= 0.6 is 0 Å². The molecule has 0 bridgehead atoms. The van der Waals surface area contributed by atoms with E-state index in [0.29, 0.717) is 29.8 Å². The second-order valence-corrected chi connectivity index (χ2v) is 9.13. The van der Waals surface area contributed by atoms with Crippen molar-refractivity contribution in [1.29, 1.82) is 0 Å². The molecule has 2 aromatic carbocycles. The fourth-order valence-corrected chi connectivity index (χ4v) is 6.62. The number of Topliss-reactive ketones (excluding diaryl/α,β-unsaturated/α-hetero) is 2. The van der Waals surface area contributed by atoms with Crippen LogP contribution < -0.4 is 4.90 Å². The number of benzene rings is 2. The van der Waals surface area contributed by atoms with Crippen molar-refractivity contribution in [1.82, 2.24) is 4.90 Å². The van der Waals surface area contributed by atoms with E-state index >= 15 is 0 Å². The number of para-hydroxylation sites is 1. The molecule has 6 heteroatoms. The first-order chi connectivity index (χ1) is 14.9. The summed E-state index contributed by atoms with van der Waals surface area (Å²) in [5.74, 6) is -2.99. The Morgan fingerprint density at radius 3 is 2.06 bits per heavy atom. The van der Waals surface area contributed by atoms with Crippen molar-refractivity contribution in [3.63, 3.8) is 0 Å². The van der Waals surface area contributed by atoms with Crippen LogP contribution in [0.1, 0.15) is 44.7 Å². The van der Waals surface area contributed by atoms with Crippen LogP contribution in [0.3, 0.4) is 0 Å². The van der Waals surface area contributed by atoms with E-state index in [1.54, 1.807) is 24.3 Å². The van der Waals surface area contributed by atoms with E-state index in [0.717, 1.165) is 17.5 Å². The lowest BCUT2D eigenvalue weighted by Crippen LogP contribution is -2.59. The Labute approximate surface area is 179 Å². The van der Waals surface area contributed by atoms with Gasteiger partial charge in [0.15, 0.2) is 17.1 Å². The number of carbonyl (C=O) groups excluding carboxylic acids is 4. The van der Waals surface area contributed by atoms with Crippen LogP contribution in [0.4, 0.5) is 5.69 Å². The van der Waals surface area contributed by atoms with Crippen molar-refractivity contribution in [2.45, 2.75) is 38.3 Å². The predicted molar refractivity (Wildman–Crippen MR) is 113 cm³/mol. The molecule has 0 radical (unpaired) electrons. The highest BCUT2D eigenvalue weighted by Gasteiger charge is 2.76. The maximum absolute atomic E-state index is 13.9. The summed E-state index contributed by atoms with van der Waals surface area (Å²) in [4.78, 5) is 58.4. The van der Waals surface area contributed by atoms with Crippen LogP contribution in [0.25, 0.3) is 0 Å². The minimum atomic E-state index is -1.59. The second-order valence-electron chi connectivity index (χ2n) is 9.13. The van der Waals surface area contributed by atoms with Crippen molar-refractivity contribution in [3.8, 4) is 0 Å². The molecule has 4 aliphatic rings. The smallest absolute Gasteiger partial charge is 0.240 e. The van der Waals surface area contributed by atoms with Gasteiger partial charge in [-0.3, -0.25) is 24.1 Å². The minimum Gasteiger partial charge on any atom is -0.291 e. The third kappa shape index (κ3) is 1.97. The number of anilines is 1. The lowest BCUT2D eigenvalue weighted by Gasteiger charge is -2.35. The number of nitrogens with zero attached hydrogens (tertiary/aromatic N) is 2. The summed E-state index contributed by atoms with van der Waals surface area (Å²) in [6, 6.07) is 12.2. The zero-order valence-corrected chi connectivity index (χ0v) is 17.4. The molecule has 156 valence electrons. The molecule has 6 nitrogen and oxygen atoms in total. The van der Waals surface area contributed by atoms with Gasteiger partial charge >= 0.3 is 0 Å². The minimum absolute atomic E-state index is 0.266. The molecule has 1 aliphatic carbocycles. The summed E-state index contributed by atoms with van der Waals surface area (Å²) in [7, 11) is 0. The monoisotopic (exact) mass is 414 g/mol. The van der Waals surface area contributed by atoms with E-state index in [9.17, 15) is 19.2 Å². The summed E-state index contributed by atoms with van der Waals surface area (Å²) in [5.41, 5.74) is 1.38. The second kappa shape index (κ2) is 5.98. The van der Waals surface area contributed by atoms with E-state index in [4.69, 9.17) is 0 Å². The summed E-state index contributed by atoms with van der Waals surface area (Å²) >= 11 is 0. The quantitative estimate of drug-likeness (QED) is 0.530. The van der Waals surface area contributed by atoms with Crippen molar-refractivity contribution in [3.05, 3.63) is 64.7 Å². The van der Waals surface area contributed by atoms with Crippen LogP contribution in [0.15, 0.2) is 42.5 Å². The molecule has 2 amide bonds. The molecular formula is C25H22N2O4. The maximum Gasteiger partial charge on any atom is 0.240 e. The van der Waals surface area contributed by atoms with Crippen molar-refractivity contribution in [2.75, 3.05) is 11.4 Å². The number of ketones is 2. The molecular weight excluding hydrogens is 392 g/mol. The van der Waals surface area contributed by atoms with Crippen molar-refractivity contribution >= 4 is 29.1 Å². The Hall–Kier alpha value is -3.12.